The number of anilines is 1. The van der Waals surface area contributed by atoms with Crippen molar-refractivity contribution in [3.05, 3.63) is 101 Å². The summed E-state index contributed by atoms with van der Waals surface area (Å²) in [6, 6.07) is 17.4. The molecule has 5 nitrogen and oxygen atoms in total. The van der Waals surface area contributed by atoms with Crippen molar-refractivity contribution in [3.8, 4) is 0 Å². The summed E-state index contributed by atoms with van der Waals surface area (Å²) < 4.78 is 14.1. The second kappa shape index (κ2) is 9.37. The van der Waals surface area contributed by atoms with Crippen molar-refractivity contribution < 1.29 is 9.18 Å². The van der Waals surface area contributed by atoms with Gasteiger partial charge in [-0.15, -0.1) is 0 Å². The number of benzene rings is 2. The minimum absolute atomic E-state index is 0.214. The SMILES string of the molecule is CC1=C(C(=O)NCc2ccc(N3CCC(c4ccc(C)cc4)CC3)cc2)N2C=CC=C(F)C2N1. The number of hydrogen-bond acceptors (Lipinski definition) is 4. The van der Waals surface area contributed by atoms with E-state index < -0.39 is 6.17 Å². The molecular formula is C28H31FN4O. The lowest BCUT2D eigenvalue weighted by Crippen LogP contribution is -2.39. The molecule has 2 aromatic rings. The Morgan fingerprint density at radius 1 is 1.06 bits per heavy atom. The van der Waals surface area contributed by atoms with Crippen LogP contribution < -0.4 is 15.5 Å². The van der Waals surface area contributed by atoms with Crippen LogP contribution in [0.25, 0.3) is 0 Å². The Balaban J connectivity index is 1.14. The molecule has 3 aliphatic rings. The molecule has 176 valence electrons. The van der Waals surface area contributed by atoms with Crippen LogP contribution in [0, 0.1) is 6.92 Å². The molecule has 34 heavy (non-hydrogen) atoms. The summed E-state index contributed by atoms with van der Waals surface area (Å²) in [7, 11) is 0. The predicted molar refractivity (Wildman–Crippen MR) is 133 cm³/mol. The van der Waals surface area contributed by atoms with E-state index in [1.54, 1.807) is 24.1 Å². The number of aryl methyl sites for hydroxylation is 1. The Kier molecular flexibility index (Phi) is 6.14. The summed E-state index contributed by atoms with van der Waals surface area (Å²) in [5.41, 5.74) is 6.14. The van der Waals surface area contributed by atoms with Crippen LogP contribution in [0.1, 0.15) is 42.4 Å². The van der Waals surface area contributed by atoms with Gasteiger partial charge in [0.25, 0.3) is 5.91 Å². The molecule has 5 rings (SSSR count). The maximum Gasteiger partial charge on any atom is 0.270 e. The van der Waals surface area contributed by atoms with Crippen molar-refractivity contribution in [2.75, 3.05) is 18.0 Å². The van der Waals surface area contributed by atoms with Gasteiger partial charge in [-0.3, -0.25) is 4.79 Å². The van der Waals surface area contributed by atoms with Gasteiger partial charge in [0.05, 0.1) is 0 Å². The highest BCUT2D eigenvalue weighted by molar-refractivity contribution is 5.94. The normalized spacial score (nSPS) is 20.2. The number of amides is 1. The van der Waals surface area contributed by atoms with Crippen LogP contribution in [0.5, 0.6) is 0 Å². The van der Waals surface area contributed by atoms with E-state index in [9.17, 15) is 9.18 Å². The first kappa shape index (κ1) is 22.3. The largest absolute Gasteiger partial charge is 0.371 e. The van der Waals surface area contributed by atoms with Crippen molar-refractivity contribution >= 4 is 11.6 Å². The van der Waals surface area contributed by atoms with E-state index in [0.29, 0.717) is 23.9 Å². The fourth-order valence-electron chi connectivity index (χ4n) is 5.03. The predicted octanol–water partition coefficient (Wildman–Crippen LogP) is 4.84. The molecule has 0 aliphatic carbocycles. The second-order valence-corrected chi connectivity index (χ2v) is 9.34. The number of nitrogens with one attached hydrogen (secondary N) is 2. The molecule has 0 spiro atoms. The zero-order valence-electron chi connectivity index (χ0n) is 19.7. The Morgan fingerprint density at radius 3 is 2.47 bits per heavy atom. The maximum atomic E-state index is 14.1. The van der Waals surface area contributed by atoms with Crippen molar-refractivity contribution in [1.82, 2.24) is 15.5 Å². The molecule has 2 N–H and O–H groups in total. The molecule has 2 aromatic carbocycles. The topological polar surface area (TPSA) is 47.6 Å². The zero-order valence-corrected chi connectivity index (χ0v) is 19.7. The quantitative estimate of drug-likeness (QED) is 0.673. The van der Waals surface area contributed by atoms with Gasteiger partial charge in [-0.05, 0) is 68.0 Å². The van der Waals surface area contributed by atoms with Crippen LogP contribution >= 0.6 is 0 Å². The van der Waals surface area contributed by atoms with Crippen LogP contribution in [-0.2, 0) is 11.3 Å². The van der Waals surface area contributed by atoms with Gasteiger partial charge in [0.2, 0.25) is 0 Å². The van der Waals surface area contributed by atoms with Gasteiger partial charge in [-0.2, -0.15) is 0 Å². The molecule has 1 saturated heterocycles. The molecule has 0 bridgehead atoms. The second-order valence-electron chi connectivity index (χ2n) is 9.34. The minimum Gasteiger partial charge on any atom is -0.371 e. The highest BCUT2D eigenvalue weighted by atomic mass is 19.1. The van der Waals surface area contributed by atoms with E-state index in [1.165, 1.54) is 22.9 Å². The lowest BCUT2D eigenvalue weighted by molar-refractivity contribution is -0.118. The first-order valence-electron chi connectivity index (χ1n) is 12.0. The van der Waals surface area contributed by atoms with Crippen molar-refractivity contribution in [1.29, 1.82) is 0 Å². The van der Waals surface area contributed by atoms with E-state index in [2.05, 4.69) is 71.0 Å². The Morgan fingerprint density at radius 2 is 1.76 bits per heavy atom. The van der Waals surface area contributed by atoms with Gasteiger partial charge in [0.1, 0.15) is 11.5 Å². The van der Waals surface area contributed by atoms with Crippen LogP contribution in [-0.4, -0.2) is 30.1 Å². The van der Waals surface area contributed by atoms with Crippen molar-refractivity contribution in [2.45, 2.75) is 45.3 Å². The standard InChI is InChI=1S/C28H31FN4O/c1-19-5-9-22(10-6-19)23-13-16-32(17-14-23)24-11-7-21(8-12-24)18-30-28(34)26-20(2)31-27-25(29)4-3-15-33(26)27/h3-12,15,23,27,31H,13-14,16-18H2,1-2H3,(H,30,34). The number of hydrogen-bond donors (Lipinski definition) is 2. The fourth-order valence-corrected chi connectivity index (χ4v) is 5.03. The third-order valence-corrected chi connectivity index (χ3v) is 7.02. The lowest BCUT2D eigenvalue weighted by Gasteiger charge is -2.34. The summed E-state index contributed by atoms with van der Waals surface area (Å²) >= 11 is 0. The van der Waals surface area contributed by atoms with Gasteiger partial charge in [0, 0.05) is 37.2 Å². The summed E-state index contributed by atoms with van der Waals surface area (Å²) in [6.07, 6.45) is 6.44. The Labute approximate surface area is 200 Å². The third kappa shape index (κ3) is 4.45. The number of carbonyl (C=O) groups excluding carboxylic acids is 1. The molecule has 1 amide bonds. The Hall–Kier alpha value is -3.54. The molecule has 0 aromatic heterocycles. The summed E-state index contributed by atoms with van der Waals surface area (Å²) in [5.74, 6) is 0.115. The zero-order chi connectivity index (χ0) is 23.7. The number of allylic oxidation sites excluding steroid dienone is 3. The van der Waals surface area contributed by atoms with Crippen LogP contribution in [0.3, 0.4) is 0 Å². The summed E-state index contributed by atoms with van der Waals surface area (Å²) in [4.78, 5) is 16.9. The Bertz CT molecular complexity index is 1140. The molecule has 0 saturated carbocycles. The van der Waals surface area contributed by atoms with Crippen molar-refractivity contribution in [2.24, 2.45) is 0 Å². The molecule has 3 heterocycles. The summed E-state index contributed by atoms with van der Waals surface area (Å²) in [6.45, 7) is 6.44. The molecule has 1 fully saturated rings. The third-order valence-electron chi connectivity index (χ3n) is 7.02. The fraction of sp³-hybridized carbons (Fsp3) is 0.321. The van der Waals surface area contributed by atoms with Gasteiger partial charge in [-0.1, -0.05) is 42.0 Å². The molecule has 1 unspecified atom stereocenters. The highest BCUT2D eigenvalue weighted by Crippen LogP contribution is 2.31. The number of nitrogens with zero attached hydrogens (tertiary/aromatic N) is 2. The van der Waals surface area contributed by atoms with E-state index in [1.807, 2.05) is 0 Å². The van der Waals surface area contributed by atoms with Crippen LogP contribution in [0.15, 0.2) is 84.1 Å². The van der Waals surface area contributed by atoms with Gasteiger partial charge in [0.15, 0.2) is 6.17 Å². The molecule has 6 heteroatoms. The smallest absolute Gasteiger partial charge is 0.270 e. The number of halogens is 1. The first-order valence-corrected chi connectivity index (χ1v) is 12.0. The number of fused-ring (bicyclic) bond motifs is 1. The summed E-state index contributed by atoms with van der Waals surface area (Å²) in [5, 5.41) is 6.02. The number of piperidine rings is 1. The average molecular weight is 459 g/mol. The number of rotatable bonds is 5. The van der Waals surface area contributed by atoms with E-state index in [4.69, 9.17) is 0 Å². The molecule has 0 radical (unpaired) electrons. The lowest BCUT2D eigenvalue weighted by atomic mass is 9.89. The van der Waals surface area contributed by atoms with Crippen LogP contribution in [0.4, 0.5) is 10.1 Å². The minimum atomic E-state index is -0.625. The monoisotopic (exact) mass is 458 g/mol. The average Bonchev–Trinajstić information content (AvgIpc) is 3.21. The number of carbonyl (C=O) groups is 1. The van der Waals surface area contributed by atoms with E-state index >= 15 is 0 Å². The van der Waals surface area contributed by atoms with Gasteiger partial charge < -0.3 is 20.4 Å². The maximum absolute atomic E-state index is 14.1. The van der Waals surface area contributed by atoms with E-state index in [-0.39, 0.29) is 11.7 Å². The van der Waals surface area contributed by atoms with Gasteiger partial charge >= 0.3 is 0 Å². The first-order chi connectivity index (χ1) is 16.5. The van der Waals surface area contributed by atoms with Crippen molar-refractivity contribution in [3.63, 3.8) is 0 Å². The van der Waals surface area contributed by atoms with Crippen LogP contribution in [0.2, 0.25) is 0 Å². The molecular weight excluding hydrogens is 427 g/mol. The molecule has 1 atom stereocenters. The highest BCUT2D eigenvalue weighted by Gasteiger charge is 2.35. The van der Waals surface area contributed by atoms with Gasteiger partial charge in [-0.25, -0.2) is 4.39 Å². The molecule has 3 aliphatic heterocycles. The van der Waals surface area contributed by atoms with E-state index in [0.717, 1.165) is 31.5 Å².